The first-order chi connectivity index (χ1) is 10.6. The van der Waals surface area contributed by atoms with Crippen LogP contribution in [0.4, 0.5) is 5.69 Å². The van der Waals surface area contributed by atoms with Crippen LogP contribution in [0.25, 0.3) is 0 Å². The van der Waals surface area contributed by atoms with E-state index in [0.29, 0.717) is 31.6 Å². The zero-order chi connectivity index (χ0) is 15.7. The lowest BCUT2D eigenvalue weighted by Crippen LogP contribution is -2.44. The van der Waals surface area contributed by atoms with Crippen LogP contribution >= 0.6 is 0 Å². The summed E-state index contributed by atoms with van der Waals surface area (Å²) in [7, 11) is 0. The number of amides is 3. The molecule has 6 heteroatoms. The van der Waals surface area contributed by atoms with Gasteiger partial charge in [0.2, 0.25) is 17.7 Å². The monoisotopic (exact) mass is 301 g/mol. The molecule has 6 nitrogen and oxygen atoms in total. The normalized spacial score (nSPS) is 21.9. The molecule has 0 saturated carbocycles. The van der Waals surface area contributed by atoms with E-state index < -0.39 is 5.92 Å². The molecule has 0 bridgehead atoms. The average Bonchev–Trinajstić information content (AvgIpc) is 2.53. The molecule has 3 N–H and O–H groups in total. The highest BCUT2D eigenvalue weighted by atomic mass is 16.2. The molecule has 1 atom stereocenters. The Morgan fingerprint density at radius 3 is 2.55 bits per heavy atom. The van der Waals surface area contributed by atoms with E-state index in [9.17, 15) is 14.4 Å². The van der Waals surface area contributed by atoms with Crippen LogP contribution in [-0.2, 0) is 14.4 Å². The highest BCUT2D eigenvalue weighted by molar-refractivity contribution is 6.01. The highest BCUT2D eigenvalue weighted by Crippen LogP contribution is 2.34. The molecule has 1 unspecified atom stereocenters. The summed E-state index contributed by atoms with van der Waals surface area (Å²) >= 11 is 0. The van der Waals surface area contributed by atoms with Gasteiger partial charge < -0.3 is 16.0 Å². The van der Waals surface area contributed by atoms with E-state index in [1.165, 1.54) is 0 Å². The predicted molar refractivity (Wildman–Crippen MR) is 80.9 cm³/mol. The number of likely N-dealkylation sites (tertiary alicyclic amines) is 1. The first-order valence-corrected chi connectivity index (χ1v) is 7.53. The summed E-state index contributed by atoms with van der Waals surface area (Å²) < 4.78 is 0. The molecule has 3 rings (SSSR count). The van der Waals surface area contributed by atoms with E-state index in [0.717, 1.165) is 5.56 Å². The van der Waals surface area contributed by atoms with Gasteiger partial charge in [-0.15, -0.1) is 0 Å². The standard InChI is InChI=1S/C16H19N3O3/c17-15(21)10-5-7-19(8-6-10)16(22)12-9-14(20)18-13-4-2-1-3-11(12)13/h1-4,10,12H,5-9H2,(H2,17,21)(H,18,20). The van der Waals surface area contributed by atoms with Crippen LogP contribution in [-0.4, -0.2) is 35.7 Å². The van der Waals surface area contributed by atoms with Crippen molar-refractivity contribution in [1.82, 2.24) is 4.90 Å². The van der Waals surface area contributed by atoms with Crippen molar-refractivity contribution in [3.8, 4) is 0 Å². The van der Waals surface area contributed by atoms with E-state index in [1.54, 1.807) is 4.90 Å². The number of benzene rings is 1. The van der Waals surface area contributed by atoms with Crippen LogP contribution in [0.2, 0.25) is 0 Å². The van der Waals surface area contributed by atoms with Crippen LogP contribution in [0.1, 0.15) is 30.7 Å². The molecule has 0 aliphatic carbocycles. The maximum absolute atomic E-state index is 12.8. The molecule has 22 heavy (non-hydrogen) atoms. The number of primary amides is 1. The van der Waals surface area contributed by atoms with Crippen LogP contribution in [0.5, 0.6) is 0 Å². The zero-order valence-corrected chi connectivity index (χ0v) is 12.2. The number of nitrogens with one attached hydrogen (secondary N) is 1. The average molecular weight is 301 g/mol. The van der Waals surface area contributed by atoms with E-state index in [1.807, 2.05) is 24.3 Å². The second-order valence-corrected chi connectivity index (χ2v) is 5.89. The summed E-state index contributed by atoms with van der Waals surface area (Å²) in [6, 6.07) is 7.40. The Morgan fingerprint density at radius 2 is 1.86 bits per heavy atom. The number of carbonyl (C=O) groups is 3. The lowest BCUT2D eigenvalue weighted by molar-refractivity contribution is -0.137. The molecule has 1 aromatic carbocycles. The van der Waals surface area contributed by atoms with Gasteiger partial charge in [-0.2, -0.15) is 0 Å². The number of piperidine rings is 1. The summed E-state index contributed by atoms with van der Waals surface area (Å²) in [6.07, 6.45) is 1.37. The van der Waals surface area contributed by atoms with Gasteiger partial charge in [0.25, 0.3) is 0 Å². The Kier molecular flexibility index (Phi) is 3.83. The summed E-state index contributed by atoms with van der Waals surface area (Å²) in [6.45, 7) is 1.04. The van der Waals surface area contributed by atoms with Crippen molar-refractivity contribution in [2.24, 2.45) is 11.7 Å². The van der Waals surface area contributed by atoms with Crippen molar-refractivity contribution >= 4 is 23.4 Å². The van der Waals surface area contributed by atoms with E-state index >= 15 is 0 Å². The van der Waals surface area contributed by atoms with Gasteiger partial charge in [0.1, 0.15) is 0 Å². The molecule has 1 aromatic rings. The minimum Gasteiger partial charge on any atom is -0.369 e. The second kappa shape index (κ2) is 5.79. The third-order valence-electron chi connectivity index (χ3n) is 4.51. The Balaban J connectivity index is 1.76. The zero-order valence-electron chi connectivity index (χ0n) is 12.2. The minimum absolute atomic E-state index is 0.0368. The van der Waals surface area contributed by atoms with Gasteiger partial charge in [-0.05, 0) is 24.5 Å². The first kappa shape index (κ1) is 14.6. The van der Waals surface area contributed by atoms with E-state index in [2.05, 4.69) is 5.32 Å². The third-order valence-corrected chi connectivity index (χ3v) is 4.51. The number of hydrogen-bond donors (Lipinski definition) is 2. The summed E-state index contributed by atoms with van der Waals surface area (Å²) in [4.78, 5) is 37.5. The molecule has 0 radical (unpaired) electrons. The van der Waals surface area contributed by atoms with Gasteiger partial charge >= 0.3 is 0 Å². The van der Waals surface area contributed by atoms with Crippen LogP contribution < -0.4 is 11.1 Å². The summed E-state index contributed by atoms with van der Waals surface area (Å²) in [5.41, 5.74) is 6.89. The lowest BCUT2D eigenvalue weighted by Gasteiger charge is -2.34. The topological polar surface area (TPSA) is 92.5 Å². The van der Waals surface area contributed by atoms with Crippen molar-refractivity contribution in [3.05, 3.63) is 29.8 Å². The maximum atomic E-state index is 12.8. The van der Waals surface area contributed by atoms with E-state index in [4.69, 9.17) is 5.73 Å². The number of para-hydroxylation sites is 1. The number of carbonyl (C=O) groups excluding carboxylic acids is 3. The molecular formula is C16H19N3O3. The van der Waals surface area contributed by atoms with Gasteiger partial charge in [-0.3, -0.25) is 14.4 Å². The number of rotatable bonds is 2. The highest BCUT2D eigenvalue weighted by Gasteiger charge is 2.35. The van der Waals surface area contributed by atoms with Crippen LogP contribution in [0.15, 0.2) is 24.3 Å². The smallest absolute Gasteiger partial charge is 0.230 e. The first-order valence-electron chi connectivity index (χ1n) is 7.53. The Bertz CT molecular complexity index is 621. The largest absolute Gasteiger partial charge is 0.369 e. The van der Waals surface area contributed by atoms with Gasteiger partial charge in [0, 0.05) is 31.1 Å². The molecule has 2 heterocycles. The van der Waals surface area contributed by atoms with Gasteiger partial charge in [-0.25, -0.2) is 0 Å². The van der Waals surface area contributed by atoms with Crippen LogP contribution in [0.3, 0.4) is 0 Å². The molecule has 0 spiro atoms. The van der Waals surface area contributed by atoms with Crippen molar-refractivity contribution < 1.29 is 14.4 Å². The number of nitrogens with zero attached hydrogens (tertiary/aromatic N) is 1. The molecule has 1 fully saturated rings. The number of hydrogen-bond acceptors (Lipinski definition) is 3. The van der Waals surface area contributed by atoms with Crippen molar-refractivity contribution in [1.29, 1.82) is 0 Å². The molecule has 2 aliphatic rings. The molecule has 3 amide bonds. The summed E-state index contributed by atoms with van der Waals surface area (Å²) in [5, 5.41) is 2.80. The second-order valence-electron chi connectivity index (χ2n) is 5.89. The van der Waals surface area contributed by atoms with Crippen LogP contribution in [0, 0.1) is 5.92 Å². The van der Waals surface area contributed by atoms with Crippen molar-refractivity contribution in [2.75, 3.05) is 18.4 Å². The lowest BCUT2D eigenvalue weighted by atomic mass is 9.88. The number of fused-ring (bicyclic) bond motifs is 1. The molecule has 2 aliphatic heterocycles. The van der Waals surface area contributed by atoms with Crippen molar-refractivity contribution in [2.45, 2.75) is 25.2 Å². The van der Waals surface area contributed by atoms with Gasteiger partial charge in [0.15, 0.2) is 0 Å². The molecular weight excluding hydrogens is 282 g/mol. The fourth-order valence-corrected chi connectivity index (χ4v) is 3.24. The number of nitrogens with two attached hydrogens (primary N) is 1. The Labute approximate surface area is 128 Å². The fourth-order valence-electron chi connectivity index (χ4n) is 3.24. The van der Waals surface area contributed by atoms with Gasteiger partial charge in [-0.1, -0.05) is 18.2 Å². The SMILES string of the molecule is NC(=O)C1CCN(C(=O)C2CC(=O)Nc3ccccc32)CC1. The molecule has 0 aromatic heterocycles. The fraction of sp³-hybridized carbons (Fsp3) is 0.438. The number of anilines is 1. The van der Waals surface area contributed by atoms with Gasteiger partial charge in [0.05, 0.1) is 5.92 Å². The molecule has 1 saturated heterocycles. The minimum atomic E-state index is -0.435. The Hall–Kier alpha value is -2.37. The summed E-state index contributed by atoms with van der Waals surface area (Å²) in [5.74, 6) is -1.05. The van der Waals surface area contributed by atoms with E-state index in [-0.39, 0.29) is 30.1 Å². The Morgan fingerprint density at radius 1 is 1.18 bits per heavy atom. The quantitative estimate of drug-likeness (QED) is 0.847. The third kappa shape index (κ3) is 2.68. The molecule has 116 valence electrons. The maximum Gasteiger partial charge on any atom is 0.230 e. The van der Waals surface area contributed by atoms with Crippen molar-refractivity contribution in [3.63, 3.8) is 0 Å². The predicted octanol–water partition coefficient (Wildman–Crippen LogP) is 0.836.